The maximum Gasteiger partial charge on any atom is 0.164 e. The normalized spacial score (nSPS) is 11.9. The third-order valence-electron chi connectivity index (χ3n) is 10.2. The van der Waals surface area contributed by atoms with Crippen molar-refractivity contribution in [1.29, 1.82) is 0 Å². The van der Waals surface area contributed by atoms with Crippen molar-refractivity contribution in [2.45, 2.75) is 0 Å². The van der Waals surface area contributed by atoms with Gasteiger partial charge in [-0.3, -0.25) is 9.13 Å². The average molecular weight is 652 g/mol. The summed E-state index contributed by atoms with van der Waals surface area (Å²) >= 11 is 0. The van der Waals surface area contributed by atoms with E-state index in [0.717, 1.165) is 55.7 Å². The first-order chi connectivity index (χ1) is 25.3. The van der Waals surface area contributed by atoms with Crippen LogP contribution >= 0.6 is 0 Å². The highest BCUT2D eigenvalue weighted by molar-refractivity contribution is 6.15. The lowest BCUT2D eigenvalue weighted by molar-refractivity contribution is 1.05. The third kappa shape index (κ3) is 4.03. The van der Waals surface area contributed by atoms with E-state index in [4.69, 9.17) is 9.97 Å². The standard InChI is InChI=1S/C46H29N5/c1-2-16-31(17-3-1)50-42-28-13-8-23-37(42)43-45(50)47-44(48-46(43)51-40-26-11-6-21-35(40)36-22-7-12-27-41(36)51)30-15-14-18-32(29-30)49-38-24-9-4-19-33(38)34-20-5-10-25-39(34)49/h1-29H. The SMILES string of the molecule is c1ccc(-n2c3ccccc3c3c(-n4c5ccccc5c5ccccc54)nc(-c4cccc(-n5c6ccccc6c6ccccc65)c4)nc32)cc1. The third-order valence-corrected chi connectivity index (χ3v) is 10.2. The molecule has 0 spiro atoms. The molecule has 0 unspecified atom stereocenters. The van der Waals surface area contributed by atoms with Gasteiger partial charge in [0.2, 0.25) is 0 Å². The molecule has 0 aliphatic carbocycles. The van der Waals surface area contributed by atoms with E-state index in [1.807, 2.05) is 0 Å². The first kappa shape index (κ1) is 27.9. The lowest BCUT2D eigenvalue weighted by atomic mass is 10.1. The number of benzene rings is 7. The van der Waals surface area contributed by atoms with E-state index in [9.17, 15) is 0 Å². The Morgan fingerprint density at radius 1 is 0.333 bits per heavy atom. The molecule has 0 aliphatic heterocycles. The van der Waals surface area contributed by atoms with Crippen LogP contribution in [0, 0.1) is 0 Å². The fourth-order valence-corrected chi connectivity index (χ4v) is 8.10. The Kier molecular flexibility index (Phi) is 5.89. The molecule has 4 heterocycles. The van der Waals surface area contributed by atoms with E-state index in [0.29, 0.717) is 5.82 Å². The number of nitrogens with zero attached hydrogens (tertiary/aromatic N) is 5. The molecule has 11 aromatic rings. The van der Waals surface area contributed by atoms with Gasteiger partial charge in [0.15, 0.2) is 17.3 Å². The van der Waals surface area contributed by atoms with Gasteiger partial charge in [0.25, 0.3) is 0 Å². The highest BCUT2D eigenvalue weighted by Gasteiger charge is 2.23. The minimum atomic E-state index is 0.668. The predicted molar refractivity (Wildman–Crippen MR) is 210 cm³/mol. The minimum Gasteiger partial charge on any atom is -0.309 e. The molecule has 238 valence electrons. The van der Waals surface area contributed by atoms with Crippen molar-refractivity contribution in [3.63, 3.8) is 0 Å². The van der Waals surface area contributed by atoms with Gasteiger partial charge in [0.05, 0.1) is 33.0 Å². The van der Waals surface area contributed by atoms with Gasteiger partial charge in [-0.15, -0.1) is 0 Å². The summed E-state index contributed by atoms with van der Waals surface area (Å²) in [6.45, 7) is 0. The summed E-state index contributed by atoms with van der Waals surface area (Å²) in [4.78, 5) is 11.0. The van der Waals surface area contributed by atoms with Gasteiger partial charge in [0, 0.05) is 43.9 Å². The number of fused-ring (bicyclic) bond motifs is 9. The molecule has 11 rings (SSSR count). The maximum absolute atomic E-state index is 5.55. The summed E-state index contributed by atoms with van der Waals surface area (Å²) in [6.07, 6.45) is 0. The van der Waals surface area contributed by atoms with Crippen molar-refractivity contribution in [3.8, 4) is 28.6 Å². The zero-order valence-electron chi connectivity index (χ0n) is 27.5. The fourth-order valence-electron chi connectivity index (χ4n) is 8.10. The molecule has 0 aliphatic rings. The molecule has 0 bridgehead atoms. The van der Waals surface area contributed by atoms with Crippen molar-refractivity contribution in [1.82, 2.24) is 23.7 Å². The summed E-state index contributed by atoms with van der Waals surface area (Å²) in [5.41, 5.74) is 9.59. The topological polar surface area (TPSA) is 40.6 Å². The second kappa shape index (κ2) is 10.8. The average Bonchev–Trinajstić information content (AvgIpc) is 3.84. The monoisotopic (exact) mass is 651 g/mol. The number of hydrogen-bond acceptors (Lipinski definition) is 2. The first-order valence-electron chi connectivity index (χ1n) is 17.3. The van der Waals surface area contributed by atoms with Crippen molar-refractivity contribution in [3.05, 3.63) is 176 Å². The molecular weight excluding hydrogens is 623 g/mol. The summed E-state index contributed by atoms with van der Waals surface area (Å²) in [7, 11) is 0. The number of aromatic nitrogens is 5. The van der Waals surface area contributed by atoms with Crippen LogP contribution in [0.15, 0.2) is 176 Å². The quantitative estimate of drug-likeness (QED) is 0.190. The predicted octanol–water partition coefficient (Wildman–Crippen LogP) is 11.4. The van der Waals surface area contributed by atoms with Crippen LogP contribution < -0.4 is 0 Å². The second-order valence-corrected chi connectivity index (χ2v) is 13.0. The number of rotatable bonds is 4. The Labute approximate surface area is 292 Å². The van der Waals surface area contributed by atoms with Gasteiger partial charge < -0.3 is 4.57 Å². The first-order valence-corrected chi connectivity index (χ1v) is 17.3. The summed E-state index contributed by atoms with van der Waals surface area (Å²) in [5, 5.41) is 6.99. The molecule has 0 saturated heterocycles. The smallest absolute Gasteiger partial charge is 0.164 e. The van der Waals surface area contributed by atoms with Crippen molar-refractivity contribution < 1.29 is 0 Å². The van der Waals surface area contributed by atoms with Crippen LogP contribution in [0.25, 0.3) is 94.1 Å². The number of para-hydroxylation sites is 6. The molecule has 5 nitrogen and oxygen atoms in total. The summed E-state index contributed by atoms with van der Waals surface area (Å²) in [6, 6.07) is 62.3. The molecule has 0 fully saturated rings. The van der Waals surface area contributed by atoms with Crippen LogP contribution in [0.2, 0.25) is 0 Å². The van der Waals surface area contributed by atoms with E-state index in [1.54, 1.807) is 0 Å². The van der Waals surface area contributed by atoms with Crippen LogP contribution in [0.3, 0.4) is 0 Å². The molecule has 0 N–H and O–H groups in total. The Balaban J connectivity index is 1.26. The summed E-state index contributed by atoms with van der Waals surface area (Å²) < 4.78 is 6.96. The Morgan fingerprint density at radius 3 is 1.35 bits per heavy atom. The van der Waals surface area contributed by atoms with Crippen molar-refractivity contribution in [2.24, 2.45) is 0 Å². The van der Waals surface area contributed by atoms with Crippen LogP contribution in [-0.4, -0.2) is 23.7 Å². The van der Waals surface area contributed by atoms with Gasteiger partial charge >= 0.3 is 0 Å². The van der Waals surface area contributed by atoms with Gasteiger partial charge in [-0.1, -0.05) is 121 Å². The molecule has 4 aromatic heterocycles. The van der Waals surface area contributed by atoms with Crippen molar-refractivity contribution in [2.75, 3.05) is 0 Å². The Bertz CT molecular complexity index is 3040. The highest BCUT2D eigenvalue weighted by atomic mass is 15.1. The van der Waals surface area contributed by atoms with E-state index >= 15 is 0 Å². The molecule has 5 heteroatoms. The van der Waals surface area contributed by atoms with Crippen LogP contribution in [0.5, 0.6) is 0 Å². The molecule has 0 atom stereocenters. The van der Waals surface area contributed by atoms with Gasteiger partial charge in [-0.25, -0.2) is 9.97 Å². The largest absolute Gasteiger partial charge is 0.309 e. The lowest BCUT2D eigenvalue weighted by Crippen LogP contribution is -2.04. The van der Waals surface area contributed by atoms with E-state index < -0.39 is 0 Å². The minimum absolute atomic E-state index is 0.668. The van der Waals surface area contributed by atoms with Crippen LogP contribution in [0.1, 0.15) is 0 Å². The molecule has 51 heavy (non-hydrogen) atoms. The molecule has 7 aromatic carbocycles. The molecule has 0 amide bonds. The highest BCUT2D eigenvalue weighted by Crippen LogP contribution is 2.40. The summed E-state index contributed by atoms with van der Waals surface area (Å²) in [5.74, 6) is 1.53. The lowest BCUT2D eigenvalue weighted by Gasteiger charge is -2.14. The van der Waals surface area contributed by atoms with Crippen molar-refractivity contribution >= 4 is 65.5 Å². The molecule has 0 radical (unpaired) electrons. The number of hydrogen-bond donors (Lipinski definition) is 0. The Hall–Kier alpha value is -6.98. The van der Waals surface area contributed by atoms with Crippen LogP contribution in [-0.2, 0) is 0 Å². The fraction of sp³-hybridized carbons (Fsp3) is 0. The van der Waals surface area contributed by atoms with Gasteiger partial charge in [-0.2, -0.15) is 0 Å². The van der Waals surface area contributed by atoms with E-state index in [1.165, 1.54) is 32.6 Å². The zero-order chi connectivity index (χ0) is 33.5. The molecule has 0 saturated carbocycles. The maximum atomic E-state index is 5.55. The molecular formula is C46H29N5. The van der Waals surface area contributed by atoms with Gasteiger partial charge in [-0.05, 0) is 54.6 Å². The van der Waals surface area contributed by atoms with E-state index in [2.05, 4.69) is 190 Å². The second-order valence-electron chi connectivity index (χ2n) is 13.0. The Morgan fingerprint density at radius 2 is 0.784 bits per heavy atom. The van der Waals surface area contributed by atoms with E-state index in [-0.39, 0.29) is 0 Å². The zero-order valence-corrected chi connectivity index (χ0v) is 27.5. The van der Waals surface area contributed by atoms with Gasteiger partial charge in [0.1, 0.15) is 0 Å². The van der Waals surface area contributed by atoms with Crippen LogP contribution in [0.4, 0.5) is 0 Å².